The highest BCUT2D eigenvalue weighted by molar-refractivity contribution is 14.1. The second-order valence-corrected chi connectivity index (χ2v) is 6.53. The Balaban J connectivity index is 1.99. The summed E-state index contributed by atoms with van der Waals surface area (Å²) in [5, 5.41) is 9.55. The summed E-state index contributed by atoms with van der Waals surface area (Å²) in [7, 11) is 0. The number of halogens is 2. The predicted octanol–water partition coefficient (Wildman–Crippen LogP) is 2.48. The van der Waals surface area contributed by atoms with E-state index in [9.17, 15) is 9.18 Å². The summed E-state index contributed by atoms with van der Waals surface area (Å²) in [6, 6.07) is 8.43. The van der Waals surface area contributed by atoms with Crippen molar-refractivity contribution in [3.63, 3.8) is 0 Å². The highest BCUT2D eigenvalue weighted by Crippen LogP contribution is 2.22. The third-order valence-electron chi connectivity index (χ3n) is 3.64. The first-order valence-corrected chi connectivity index (χ1v) is 8.58. The Bertz CT molecular complexity index is 913. The highest BCUT2D eigenvalue weighted by atomic mass is 127. The van der Waals surface area contributed by atoms with Gasteiger partial charge in [0.1, 0.15) is 11.5 Å². The molecular weight excluding hydrogens is 440 g/mol. The van der Waals surface area contributed by atoms with E-state index in [1.165, 1.54) is 6.07 Å². The van der Waals surface area contributed by atoms with Gasteiger partial charge in [-0.2, -0.15) is 0 Å². The molecule has 0 spiro atoms. The van der Waals surface area contributed by atoms with E-state index in [0.717, 1.165) is 8.96 Å². The number of amides is 1. The second kappa shape index (κ2) is 7.89. The van der Waals surface area contributed by atoms with Crippen molar-refractivity contribution >= 4 is 39.4 Å². The fourth-order valence-electron chi connectivity index (χ4n) is 2.49. The van der Waals surface area contributed by atoms with Crippen LogP contribution in [-0.2, 0) is 11.4 Å². The third kappa shape index (κ3) is 3.97. The van der Waals surface area contributed by atoms with Gasteiger partial charge in [0, 0.05) is 20.7 Å². The van der Waals surface area contributed by atoms with Crippen molar-refractivity contribution in [2.75, 3.05) is 13.2 Å². The average molecular weight is 455 g/mol. The Labute approximate surface area is 156 Å². The number of benzene rings is 1. The van der Waals surface area contributed by atoms with Gasteiger partial charge in [-0.15, -0.1) is 0 Å². The number of hydrogen-bond donors (Lipinski definition) is 2. The monoisotopic (exact) mass is 455 g/mol. The molecule has 0 saturated heterocycles. The first kappa shape index (κ1) is 17.8. The number of pyridine rings is 1. The van der Waals surface area contributed by atoms with Crippen LogP contribution in [0.4, 0.5) is 4.39 Å². The van der Waals surface area contributed by atoms with Gasteiger partial charge in [-0.3, -0.25) is 14.6 Å². The first-order chi connectivity index (χ1) is 12.1. The van der Waals surface area contributed by atoms with E-state index in [4.69, 9.17) is 9.94 Å². The van der Waals surface area contributed by atoms with E-state index in [2.05, 4.69) is 10.5 Å². The minimum Gasteiger partial charge on any atom is -0.394 e. The standard InChI is InChI=1S/C17H15FIN3O3/c18-14-8-13(19)2-1-12(14)10-22-15(17(24)21-25-6-5-23)7-11-3-4-20-9-16(11)22/h1-4,7-9,23H,5-6,10H2,(H,21,24). The van der Waals surface area contributed by atoms with Gasteiger partial charge in [0.05, 0.1) is 31.5 Å². The molecule has 1 aromatic carbocycles. The summed E-state index contributed by atoms with van der Waals surface area (Å²) in [5.41, 5.74) is 3.77. The molecule has 3 aromatic rings. The molecule has 2 N–H and O–H groups in total. The molecule has 0 bridgehead atoms. The maximum atomic E-state index is 14.2. The van der Waals surface area contributed by atoms with Crippen LogP contribution in [0.25, 0.3) is 10.9 Å². The molecule has 0 unspecified atom stereocenters. The minimum absolute atomic E-state index is 0.0146. The predicted molar refractivity (Wildman–Crippen MR) is 98.5 cm³/mol. The van der Waals surface area contributed by atoms with Gasteiger partial charge in [0.25, 0.3) is 5.91 Å². The van der Waals surface area contributed by atoms with E-state index in [0.29, 0.717) is 16.8 Å². The van der Waals surface area contributed by atoms with Crippen molar-refractivity contribution < 1.29 is 19.1 Å². The minimum atomic E-state index is -0.476. The quantitative estimate of drug-likeness (QED) is 0.340. The molecule has 0 aliphatic rings. The molecule has 0 aliphatic carbocycles. The average Bonchev–Trinajstić information content (AvgIpc) is 2.96. The van der Waals surface area contributed by atoms with E-state index in [-0.39, 0.29) is 25.6 Å². The summed E-state index contributed by atoms with van der Waals surface area (Å²) in [5.74, 6) is -0.809. The van der Waals surface area contributed by atoms with Crippen molar-refractivity contribution in [1.82, 2.24) is 15.0 Å². The Kier molecular flexibility index (Phi) is 5.61. The van der Waals surface area contributed by atoms with Crippen LogP contribution in [0, 0.1) is 9.39 Å². The number of aliphatic hydroxyl groups is 1. The SMILES string of the molecule is O=C(NOCCO)c1cc2ccncc2n1Cc1ccc(I)cc1F. The van der Waals surface area contributed by atoms with Crippen LogP contribution in [0.2, 0.25) is 0 Å². The number of carbonyl (C=O) groups is 1. The van der Waals surface area contributed by atoms with Crippen LogP contribution in [0.15, 0.2) is 42.7 Å². The molecule has 2 aromatic heterocycles. The molecule has 6 nitrogen and oxygen atoms in total. The molecule has 130 valence electrons. The van der Waals surface area contributed by atoms with Crippen molar-refractivity contribution in [2.45, 2.75) is 6.54 Å². The van der Waals surface area contributed by atoms with Crippen LogP contribution < -0.4 is 5.48 Å². The number of rotatable bonds is 6. The zero-order valence-electron chi connectivity index (χ0n) is 13.1. The van der Waals surface area contributed by atoms with Crippen LogP contribution in [0.3, 0.4) is 0 Å². The molecule has 1 amide bonds. The summed E-state index contributed by atoms with van der Waals surface area (Å²) in [6.45, 7) is -0.0407. The largest absolute Gasteiger partial charge is 0.394 e. The van der Waals surface area contributed by atoms with Crippen LogP contribution in [0.5, 0.6) is 0 Å². The smallest absolute Gasteiger partial charge is 0.291 e. The normalized spacial score (nSPS) is 11.0. The summed E-state index contributed by atoms with van der Waals surface area (Å²) < 4.78 is 16.7. The van der Waals surface area contributed by atoms with Gasteiger partial charge in [0.2, 0.25) is 0 Å². The zero-order chi connectivity index (χ0) is 17.8. The highest BCUT2D eigenvalue weighted by Gasteiger charge is 2.17. The van der Waals surface area contributed by atoms with Gasteiger partial charge in [-0.25, -0.2) is 9.87 Å². The Morgan fingerprint density at radius 3 is 2.96 bits per heavy atom. The van der Waals surface area contributed by atoms with Crippen molar-refractivity contribution in [3.05, 3.63) is 63.4 Å². The van der Waals surface area contributed by atoms with Crippen LogP contribution in [-0.4, -0.2) is 33.8 Å². The van der Waals surface area contributed by atoms with Gasteiger partial charge < -0.3 is 9.67 Å². The molecule has 0 aliphatic heterocycles. The van der Waals surface area contributed by atoms with Crippen molar-refractivity contribution in [2.24, 2.45) is 0 Å². The Hall–Kier alpha value is -2.04. The van der Waals surface area contributed by atoms with Gasteiger partial charge in [-0.05, 0) is 46.9 Å². The van der Waals surface area contributed by atoms with Gasteiger partial charge in [0.15, 0.2) is 0 Å². The molecule has 25 heavy (non-hydrogen) atoms. The third-order valence-corrected chi connectivity index (χ3v) is 4.31. The number of hydrogen-bond acceptors (Lipinski definition) is 4. The Morgan fingerprint density at radius 2 is 2.20 bits per heavy atom. The number of aliphatic hydroxyl groups excluding tert-OH is 1. The zero-order valence-corrected chi connectivity index (χ0v) is 15.2. The molecule has 0 radical (unpaired) electrons. The molecule has 3 rings (SSSR count). The number of carbonyl (C=O) groups excluding carboxylic acids is 1. The van der Waals surface area contributed by atoms with E-state index in [1.807, 2.05) is 28.7 Å². The van der Waals surface area contributed by atoms with Crippen molar-refractivity contribution in [1.29, 1.82) is 0 Å². The maximum Gasteiger partial charge on any atom is 0.291 e. The summed E-state index contributed by atoms with van der Waals surface area (Å²) in [4.78, 5) is 21.4. The second-order valence-electron chi connectivity index (χ2n) is 5.29. The fourth-order valence-corrected chi connectivity index (χ4v) is 2.95. The molecule has 0 saturated carbocycles. The summed E-state index contributed by atoms with van der Waals surface area (Å²) in [6.07, 6.45) is 3.26. The first-order valence-electron chi connectivity index (χ1n) is 7.50. The maximum absolute atomic E-state index is 14.2. The number of nitrogens with zero attached hydrogens (tertiary/aromatic N) is 2. The molecule has 0 fully saturated rings. The van der Waals surface area contributed by atoms with Crippen LogP contribution in [0.1, 0.15) is 16.1 Å². The lowest BCUT2D eigenvalue weighted by Crippen LogP contribution is -2.27. The fraction of sp³-hybridized carbons (Fsp3) is 0.176. The topological polar surface area (TPSA) is 76.4 Å². The lowest BCUT2D eigenvalue weighted by molar-refractivity contribution is 0.0162. The molecule has 2 heterocycles. The molecule has 8 heteroatoms. The number of hydroxylamine groups is 1. The van der Waals surface area contributed by atoms with Gasteiger partial charge >= 0.3 is 0 Å². The number of fused-ring (bicyclic) bond motifs is 1. The van der Waals surface area contributed by atoms with E-state index < -0.39 is 5.91 Å². The van der Waals surface area contributed by atoms with E-state index in [1.54, 1.807) is 35.2 Å². The van der Waals surface area contributed by atoms with E-state index >= 15 is 0 Å². The number of nitrogens with one attached hydrogen (secondary N) is 1. The molecule has 0 atom stereocenters. The molecular formula is C17H15FIN3O3. The van der Waals surface area contributed by atoms with Gasteiger partial charge in [-0.1, -0.05) is 6.07 Å². The summed E-state index contributed by atoms with van der Waals surface area (Å²) >= 11 is 2.04. The lowest BCUT2D eigenvalue weighted by atomic mass is 10.2. The Morgan fingerprint density at radius 1 is 1.36 bits per heavy atom. The van der Waals surface area contributed by atoms with Crippen molar-refractivity contribution in [3.8, 4) is 0 Å². The number of aromatic nitrogens is 2. The lowest BCUT2D eigenvalue weighted by Gasteiger charge is -2.12. The van der Waals surface area contributed by atoms with Crippen LogP contribution >= 0.6 is 22.6 Å².